The molecule has 1 atom stereocenters. The van der Waals surface area contributed by atoms with Crippen LogP contribution in [0.25, 0.3) is 0 Å². The van der Waals surface area contributed by atoms with Crippen LogP contribution in [0.1, 0.15) is 24.5 Å². The lowest BCUT2D eigenvalue weighted by molar-refractivity contribution is -0.121. The van der Waals surface area contributed by atoms with Crippen molar-refractivity contribution in [3.05, 3.63) is 29.3 Å². The fourth-order valence-corrected chi connectivity index (χ4v) is 2.27. The van der Waals surface area contributed by atoms with Gasteiger partial charge in [0, 0.05) is 5.69 Å². The molecule has 1 aliphatic carbocycles. The van der Waals surface area contributed by atoms with Gasteiger partial charge in [-0.15, -0.1) is 6.42 Å². The molecule has 1 aliphatic rings. The number of rotatable bonds is 4. The zero-order valence-corrected chi connectivity index (χ0v) is 10.6. The number of anilines is 1. The quantitative estimate of drug-likeness (QED) is 0.789. The van der Waals surface area contributed by atoms with Crippen LogP contribution in [0.5, 0.6) is 0 Å². The number of nitrogens with one attached hydrogen (secondary N) is 2. The van der Waals surface area contributed by atoms with Gasteiger partial charge >= 0.3 is 0 Å². The van der Waals surface area contributed by atoms with E-state index in [-0.39, 0.29) is 18.5 Å². The predicted molar refractivity (Wildman–Crippen MR) is 73.4 cm³/mol. The molecule has 0 saturated heterocycles. The van der Waals surface area contributed by atoms with Crippen molar-refractivity contribution >= 4 is 11.6 Å². The molecule has 3 nitrogen and oxygen atoms in total. The lowest BCUT2D eigenvalue weighted by Gasteiger charge is -2.15. The van der Waals surface area contributed by atoms with Crippen LogP contribution in [0.2, 0.25) is 0 Å². The van der Waals surface area contributed by atoms with Crippen LogP contribution < -0.4 is 10.6 Å². The SMILES string of the molecule is C#CCNC(=O)C(C)Nc1ccc2c(c1)CCC2. The van der Waals surface area contributed by atoms with Crippen molar-refractivity contribution in [2.24, 2.45) is 0 Å². The van der Waals surface area contributed by atoms with E-state index in [9.17, 15) is 4.79 Å². The first-order valence-corrected chi connectivity index (χ1v) is 6.30. The fraction of sp³-hybridized carbons (Fsp3) is 0.400. The molecule has 0 bridgehead atoms. The number of aryl methyl sites for hydroxylation is 2. The van der Waals surface area contributed by atoms with Gasteiger partial charge in [-0.2, -0.15) is 0 Å². The van der Waals surface area contributed by atoms with E-state index in [2.05, 4.69) is 28.7 Å². The van der Waals surface area contributed by atoms with Crippen molar-refractivity contribution in [2.45, 2.75) is 32.2 Å². The second kappa shape index (κ2) is 5.59. The molecule has 0 saturated carbocycles. The van der Waals surface area contributed by atoms with Gasteiger partial charge in [-0.1, -0.05) is 12.0 Å². The Bertz CT molecular complexity index is 488. The molecule has 2 N–H and O–H groups in total. The van der Waals surface area contributed by atoms with E-state index >= 15 is 0 Å². The van der Waals surface area contributed by atoms with E-state index in [1.807, 2.05) is 13.0 Å². The summed E-state index contributed by atoms with van der Waals surface area (Å²) in [6, 6.07) is 6.05. The van der Waals surface area contributed by atoms with E-state index in [4.69, 9.17) is 6.42 Å². The third-order valence-electron chi connectivity index (χ3n) is 3.24. The zero-order chi connectivity index (χ0) is 13.0. The Morgan fingerprint density at radius 3 is 3.00 bits per heavy atom. The molecule has 0 aliphatic heterocycles. The average Bonchev–Trinajstić information content (AvgIpc) is 2.83. The summed E-state index contributed by atoms with van der Waals surface area (Å²) < 4.78 is 0. The predicted octanol–water partition coefficient (Wildman–Crippen LogP) is 1.73. The van der Waals surface area contributed by atoms with Gasteiger partial charge in [0.1, 0.15) is 6.04 Å². The van der Waals surface area contributed by atoms with E-state index < -0.39 is 0 Å². The van der Waals surface area contributed by atoms with Crippen molar-refractivity contribution in [1.82, 2.24) is 5.32 Å². The second-order valence-electron chi connectivity index (χ2n) is 4.62. The van der Waals surface area contributed by atoms with Crippen molar-refractivity contribution in [3.8, 4) is 12.3 Å². The number of terminal acetylenes is 1. The Balaban J connectivity index is 1.97. The minimum Gasteiger partial charge on any atom is -0.374 e. The molecule has 0 fully saturated rings. The minimum atomic E-state index is -0.280. The smallest absolute Gasteiger partial charge is 0.242 e. The molecule has 1 unspecified atom stereocenters. The molecule has 94 valence electrons. The Kier molecular flexibility index (Phi) is 3.88. The molecule has 1 aromatic carbocycles. The van der Waals surface area contributed by atoms with Gasteiger partial charge in [0.15, 0.2) is 0 Å². The Hall–Kier alpha value is -1.95. The first-order valence-electron chi connectivity index (χ1n) is 6.30. The van der Waals surface area contributed by atoms with Crippen molar-refractivity contribution in [2.75, 3.05) is 11.9 Å². The largest absolute Gasteiger partial charge is 0.374 e. The lowest BCUT2D eigenvalue weighted by Crippen LogP contribution is -2.37. The number of benzene rings is 1. The van der Waals surface area contributed by atoms with Crippen LogP contribution in [0, 0.1) is 12.3 Å². The van der Waals surface area contributed by atoms with Crippen LogP contribution in [0.15, 0.2) is 18.2 Å². The Morgan fingerprint density at radius 2 is 2.22 bits per heavy atom. The molecule has 3 heteroatoms. The number of hydrogen-bond acceptors (Lipinski definition) is 2. The molecular weight excluding hydrogens is 224 g/mol. The van der Waals surface area contributed by atoms with Gasteiger partial charge in [0.05, 0.1) is 6.54 Å². The Morgan fingerprint density at radius 1 is 1.44 bits per heavy atom. The number of amides is 1. The third-order valence-corrected chi connectivity index (χ3v) is 3.24. The van der Waals surface area contributed by atoms with Gasteiger partial charge in [-0.3, -0.25) is 4.79 Å². The summed E-state index contributed by atoms with van der Waals surface area (Å²) >= 11 is 0. The summed E-state index contributed by atoms with van der Waals surface area (Å²) in [5.41, 5.74) is 3.83. The maximum absolute atomic E-state index is 11.7. The maximum Gasteiger partial charge on any atom is 0.242 e. The maximum atomic E-state index is 11.7. The molecule has 0 spiro atoms. The van der Waals surface area contributed by atoms with Crippen LogP contribution in [0.3, 0.4) is 0 Å². The molecule has 1 amide bonds. The van der Waals surface area contributed by atoms with Crippen molar-refractivity contribution in [1.29, 1.82) is 0 Å². The van der Waals surface area contributed by atoms with E-state index in [0.29, 0.717) is 0 Å². The summed E-state index contributed by atoms with van der Waals surface area (Å²) in [5, 5.41) is 5.87. The molecule has 0 radical (unpaired) electrons. The highest BCUT2D eigenvalue weighted by atomic mass is 16.2. The zero-order valence-electron chi connectivity index (χ0n) is 10.6. The van der Waals surface area contributed by atoms with Gasteiger partial charge < -0.3 is 10.6 Å². The highest BCUT2D eigenvalue weighted by molar-refractivity contribution is 5.84. The van der Waals surface area contributed by atoms with Gasteiger partial charge in [0.2, 0.25) is 5.91 Å². The first-order chi connectivity index (χ1) is 8.70. The normalized spacial score (nSPS) is 14.4. The standard InChI is InChI=1S/C15H18N2O/c1-3-9-16-15(18)11(2)17-14-8-7-12-5-4-6-13(12)10-14/h1,7-8,10-11,17H,4-6,9H2,2H3,(H,16,18). The summed E-state index contributed by atoms with van der Waals surface area (Å²) in [6.07, 6.45) is 8.65. The van der Waals surface area contributed by atoms with Gasteiger partial charge in [0.25, 0.3) is 0 Å². The summed E-state index contributed by atoms with van der Waals surface area (Å²) in [6.45, 7) is 2.11. The topological polar surface area (TPSA) is 41.1 Å². The first kappa shape index (κ1) is 12.5. The van der Waals surface area contributed by atoms with Crippen LogP contribution in [-0.2, 0) is 17.6 Å². The van der Waals surface area contributed by atoms with Crippen LogP contribution in [0.4, 0.5) is 5.69 Å². The summed E-state index contributed by atoms with van der Waals surface area (Å²) in [4.78, 5) is 11.7. The van der Waals surface area contributed by atoms with Gasteiger partial charge in [-0.05, 0) is 49.4 Å². The van der Waals surface area contributed by atoms with E-state index in [1.54, 1.807) is 0 Å². The second-order valence-corrected chi connectivity index (χ2v) is 4.62. The number of carbonyl (C=O) groups is 1. The monoisotopic (exact) mass is 242 g/mol. The number of fused-ring (bicyclic) bond motifs is 1. The van der Waals surface area contributed by atoms with Crippen LogP contribution in [-0.4, -0.2) is 18.5 Å². The number of hydrogen-bond donors (Lipinski definition) is 2. The molecular formula is C15H18N2O. The average molecular weight is 242 g/mol. The Labute approximate surface area is 108 Å². The van der Waals surface area contributed by atoms with Gasteiger partial charge in [-0.25, -0.2) is 0 Å². The molecule has 0 heterocycles. The minimum absolute atomic E-state index is 0.0755. The van der Waals surface area contributed by atoms with Crippen LogP contribution >= 0.6 is 0 Å². The third kappa shape index (κ3) is 2.84. The molecule has 18 heavy (non-hydrogen) atoms. The van der Waals surface area contributed by atoms with Crippen molar-refractivity contribution < 1.29 is 4.79 Å². The highest BCUT2D eigenvalue weighted by Gasteiger charge is 2.14. The highest BCUT2D eigenvalue weighted by Crippen LogP contribution is 2.25. The number of carbonyl (C=O) groups excluding carboxylic acids is 1. The molecule has 0 aromatic heterocycles. The summed E-state index contributed by atoms with van der Waals surface area (Å²) in [5.74, 6) is 2.32. The van der Waals surface area contributed by atoms with E-state index in [1.165, 1.54) is 24.0 Å². The fourth-order valence-electron chi connectivity index (χ4n) is 2.27. The molecule has 1 aromatic rings. The van der Waals surface area contributed by atoms with E-state index in [0.717, 1.165) is 12.1 Å². The lowest BCUT2D eigenvalue weighted by atomic mass is 10.1. The summed E-state index contributed by atoms with van der Waals surface area (Å²) in [7, 11) is 0. The molecule has 2 rings (SSSR count). The van der Waals surface area contributed by atoms with Crippen molar-refractivity contribution in [3.63, 3.8) is 0 Å².